The van der Waals surface area contributed by atoms with Gasteiger partial charge in [0.25, 0.3) is 0 Å². The molecule has 0 heterocycles. The summed E-state index contributed by atoms with van der Waals surface area (Å²) in [6, 6.07) is 0. The molecule has 1 fully saturated rings. The average molecular weight is 196 g/mol. The highest BCUT2D eigenvalue weighted by Gasteiger charge is 2.13. The van der Waals surface area contributed by atoms with Gasteiger partial charge in [-0.15, -0.1) is 0 Å². The lowest BCUT2D eigenvalue weighted by atomic mass is 10.0. The van der Waals surface area contributed by atoms with Crippen molar-refractivity contribution in [1.82, 2.24) is 0 Å². The Balaban J connectivity index is 2.00. The Morgan fingerprint density at radius 2 is 2.07 bits per heavy atom. The number of hydrogen-bond acceptors (Lipinski definition) is 1. The van der Waals surface area contributed by atoms with Crippen molar-refractivity contribution in [3.63, 3.8) is 0 Å². The highest BCUT2D eigenvalue weighted by molar-refractivity contribution is 5.80. The summed E-state index contributed by atoms with van der Waals surface area (Å²) in [7, 11) is 0. The second kappa shape index (κ2) is 6.86. The van der Waals surface area contributed by atoms with Crippen LogP contribution in [0.5, 0.6) is 0 Å². The molecule has 0 atom stereocenters. The summed E-state index contributed by atoms with van der Waals surface area (Å²) in [5.41, 5.74) is 5.73. The highest BCUT2D eigenvalue weighted by atomic mass is 14.8. The van der Waals surface area contributed by atoms with Gasteiger partial charge >= 0.3 is 0 Å². The SMILES string of the molecule is CCCC(N)=NCCCC1CCCC1. The molecule has 1 rings (SSSR count). The zero-order valence-electron chi connectivity index (χ0n) is 9.47. The Labute approximate surface area is 88.0 Å². The first kappa shape index (κ1) is 11.5. The molecular formula is C12H24N2. The number of hydrogen-bond donors (Lipinski definition) is 1. The molecule has 2 N–H and O–H groups in total. The van der Waals surface area contributed by atoms with Crippen LogP contribution in [0.4, 0.5) is 0 Å². The first-order valence-electron chi connectivity index (χ1n) is 6.11. The molecule has 1 saturated carbocycles. The third kappa shape index (κ3) is 4.64. The predicted molar refractivity (Wildman–Crippen MR) is 62.6 cm³/mol. The van der Waals surface area contributed by atoms with Crippen LogP contribution in [0.3, 0.4) is 0 Å². The van der Waals surface area contributed by atoms with Gasteiger partial charge in [0.2, 0.25) is 0 Å². The van der Waals surface area contributed by atoms with Crippen LogP contribution in [0.25, 0.3) is 0 Å². The van der Waals surface area contributed by atoms with Gasteiger partial charge in [-0.2, -0.15) is 0 Å². The van der Waals surface area contributed by atoms with Crippen molar-refractivity contribution in [2.45, 2.75) is 58.3 Å². The molecule has 0 spiro atoms. The summed E-state index contributed by atoms with van der Waals surface area (Å²) in [4.78, 5) is 4.37. The van der Waals surface area contributed by atoms with E-state index in [-0.39, 0.29) is 0 Å². The minimum Gasteiger partial charge on any atom is -0.387 e. The number of nitrogens with two attached hydrogens (primary N) is 1. The highest BCUT2D eigenvalue weighted by Crippen LogP contribution is 2.28. The van der Waals surface area contributed by atoms with Crippen LogP contribution in [-0.4, -0.2) is 12.4 Å². The van der Waals surface area contributed by atoms with Gasteiger partial charge in [0.1, 0.15) is 0 Å². The number of aliphatic imine (C=N–C) groups is 1. The van der Waals surface area contributed by atoms with E-state index in [1.165, 1.54) is 38.5 Å². The van der Waals surface area contributed by atoms with Gasteiger partial charge in [0.15, 0.2) is 0 Å². The van der Waals surface area contributed by atoms with Crippen LogP contribution in [0.15, 0.2) is 4.99 Å². The molecule has 0 saturated heterocycles. The maximum Gasteiger partial charge on any atom is 0.0936 e. The molecule has 0 unspecified atom stereocenters. The van der Waals surface area contributed by atoms with Gasteiger partial charge in [-0.3, -0.25) is 4.99 Å². The normalized spacial score (nSPS) is 19.1. The van der Waals surface area contributed by atoms with Crippen molar-refractivity contribution in [2.24, 2.45) is 16.6 Å². The molecule has 1 aliphatic rings. The molecule has 0 amide bonds. The quantitative estimate of drug-likeness (QED) is 0.395. The van der Waals surface area contributed by atoms with Crippen LogP contribution >= 0.6 is 0 Å². The summed E-state index contributed by atoms with van der Waals surface area (Å²) in [6.07, 6.45) is 10.5. The van der Waals surface area contributed by atoms with E-state index in [1.807, 2.05) is 0 Å². The summed E-state index contributed by atoms with van der Waals surface area (Å²) in [6.45, 7) is 3.09. The van der Waals surface area contributed by atoms with Gasteiger partial charge in [-0.1, -0.05) is 32.6 Å². The van der Waals surface area contributed by atoms with E-state index >= 15 is 0 Å². The molecule has 0 bridgehead atoms. The van der Waals surface area contributed by atoms with Crippen molar-refractivity contribution in [2.75, 3.05) is 6.54 Å². The largest absolute Gasteiger partial charge is 0.387 e. The topological polar surface area (TPSA) is 38.4 Å². The molecule has 2 nitrogen and oxygen atoms in total. The van der Waals surface area contributed by atoms with E-state index in [1.54, 1.807) is 0 Å². The van der Waals surface area contributed by atoms with Crippen molar-refractivity contribution >= 4 is 5.84 Å². The predicted octanol–water partition coefficient (Wildman–Crippen LogP) is 3.11. The molecule has 0 aromatic rings. The van der Waals surface area contributed by atoms with Gasteiger partial charge in [-0.05, 0) is 25.2 Å². The van der Waals surface area contributed by atoms with Crippen LogP contribution in [0, 0.1) is 5.92 Å². The second-order valence-corrected chi connectivity index (χ2v) is 4.42. The summed E-state index contributed by atoms with van der Waals surface area (Å²) in [5, 5.41) is 0. The fraction of sp³-hybridized carbons (Fsp3) is 0.917. The van der Waals surface area contributed by atoms with Gasteiger partial charge in [0, 0.05) is 13.0 Å². The van der Waals surface area contributed by atoms with Crippen molar-refractivity contribution < 1.29 is 0 Å². The van der Waals surface area contributed by atoms with Gasteiger partial charge in [0.05, 0.1) is 5.84 Å². The Bertz CT molecular complexity index is 169. The average Bonchev–Trinajstić information content (AvgIpc) is 2.65. The van der Waals surface area contributed by atoms with E-state index < -0.39 is 0 Å². The summed E-state index contributed by atoms with van der Waals surface area (Å²) < 4.78 is 0. The zero-order valence-corrected chi connectivity index (χ0v) is 9.47. The lowest BCUT2D eigenvalue weighted by molar-refractivity contribution is 0.488. The van der Waals surface area contributed by atoms with Gasteiger partial charge < -0.3 is 5.73 Å². The summed E-state index contributed by atoms with van der Waals surface area (Å²) >= 11 is 0. The molecule has 14 heavy (non-hydrogen) atoms. The third-order valence-corrected chi connectivity index (χ3v) is 3.07. The molecular weight excluding hydrogens is 172 g/mol. The minimum atomic E-state index is 0.846. The van der Waals surface area contributed by atoms with Gasteiger partial charge in [-0.25, -0.2) is 0 Å². The van der Waals surface area contributed by atoms with Crippen LogP contribution in [0.1, 0.15) is 58.3 Å². The molecule has 2 heteroatoms. The Morgan fingerprint density at radius 1 is 1.36 bits per heavy atom. The van der Waals surface area contributed by atoms with Crippen molar-refractivity contribution in [1.29, 1.82) is 0 Å². The molecule has 0 aromatic heterocycles. The first-order valence-corrected chi connectivity index (χ1v) is 6.11. The van der Waals surface area contributed by atoms with Crippen LogP contribution < -0.4 is 5.73 Å². The van der Waals surface area contributed by atoms with E-state index in [0.717, 1.165) is 31.1 Å². The van der Waals surface area contributed by atoms with Crippen molar-refractivity contribution in [3.8, 4) is 0 Å². The Hall–Kier alpha value is -0.530. The molecule has 0 aromatic carbocycles. The maximum absolute atomic E-state index is 5.73. The molecule has 82 valence electrons. The molecule has 0 aliphatic heterocycles. The minimum absolute atomic E-state index is 0.846. The summed E-state index contributed by atoms with van der Waals surface area (Å²) in [5.74, 6) is 1.84. The fourth-order valence-electron chi connectivity index (χ4n) is 2.24. The third-order valence-electron chi connectivity index (χ3n) is 3.07. The van der Waals surface area contributed by atoms with E-state index in [2.05, 4.69) is 11.9 Å². The van der Waals surface area contributed by atoms with Crippen LogP contribution in [0.2, 0.25) is 0 Å². The lowest BCUT2D eigenvalue weighted by Crippen LogP contribution is -2.11. The van der Waals surface area contributed by atoms with E-state index in [4.69, 9.17) is 5.73 Å². The second-order valence-electron chi connectivity index (χ2n) is 4.42. The number of amidine groups is 1. The monoisotopic (exact) mass is 196 g/mol. The Morgan fingerprint density at radius 3 is 2.71 bits per heavy atom. The van der Waals surface area contributed by atoms with Crippen LogP contribution in [-0.2, 0) is 0 Å². The van der Waals surface area contributed by atoms with E-state index in [0.29, 0.717) is 0 Å². The van der Waals surface area contributed by atoms with E-state index in [9.17, 15) is 0 Å². The van der Waals surface area contributed by atoms with Crippen molar-refractivity contribution in [3.05, 3.63) is 0 Å². The zero-order chi connectivity index (χ0) is 10.2. The number of nitrogens with zero attached hydrogens (tertiary/aromatic N) is 1. The molecule has 1 aliphatic carbocycles. The standard InChI is InChI=1S/C12H24N2/c1-2-6-12(13)14-10-5-9-11-7-3-4-8-11/h11H,2-10H2,1H3,(H2,13,14). The molecule has 0 radical (unpaired) electrons. The lowest BCUT2D eigenvalue weighted by Gasteiger charge is -2.06. The Kier molecular flexibility index (Phi) is 5.65. The fourth-order valence-corrected chi connectivity index (χ4v) is 2.24. The number of rotatable bonds is 6. The first-order chi connectivity index (χ1) is 6.83. The smallest absolute Gasteiger partial charge is 0.0936 e. The maximum atomic E-state index is 5.73.